The molecule has 0 aliphatic rings. The highest BCUT2D eigenvalue weighted by atomic mass is 32.2. The smallest absolute Gasteiger partial charge is 0.309 e. The third-order valence-electron chi connectivity index (χ3n) is 2.28. The molecule has 5 heteroatoms. The van der Waals surface area contributed by atoms with Gasteiger partial charge in [0, 0.05) is 22.3 Å². The molecule has 2 atom stereocenters. The lowest BCUT2D eigenvalue weighted by molar-refractivity contribution is -0.144. The number of aromatic hydroxyl groups is 1. The van der Waals surface area contributed by atoms with Gasteiger partial charge in [-0.3, -0.25) is 9.00 Å². The van der Waals surface area contributed by atoms with Crippen molar-refractivity contribution in [1.29, 1.82) is 0 Å². The second kappa shape index (κ2) is 6.39. The number of hydrogen-bond acceptors (Lipinski definition) is 4. The van der Waals surface area contributed by atoms with E-state index >= 15 is 0 Å². The van der Waals surface area contributed by atoms with Crippen LogP contribution in [-0.4, -0.2) is 28.1 Å². The number of hydrogen-bond donors (Lipinski definition) is 1. The quantitative estimate of drug-likeness (QED) is 0.810. The maximum atomic E-state index is 11.8. The Morgan fingerprint density at radius 3 is 2.82 bits per heavy atom. The third-order valence-corrected chi connectivity index (χ3v) is 3.80. The highest BCUT2D eigenvalue weighted by Gasteiger charge is 2.16. The van der Waals surface area contributed by atoms with Crippen molar-refractivity contribution in [3.63, 3.8) is 0 Å². The van der Waals surface area contributed by atoms with E-state index in [9.17, 15) is 14.1 Å². The Hall–Kier alpha value is -1.36. The zero-order chi connectivity index (χ0) is 12.8. The molecule has 4 nitrogen and oxygen atoms in total. The number of carbonyl (C=O) groups excluding carboxylic acids is 1. The topological polar surface area (TPSA) is 63.6 Å². The van der Waals surface area contributed by atoms with Crippen LogP contribution in [0.25, 0.3) is 0 Å². The average molecular weight is 256 g/mol. The van der Waals surface area contributed by atoms with Crippen molar-refractivity contribution >= 4 is 16.8 Å². The standard InChI is InChI=1S/C12H16O4S/c1-9(12(14)16-2)7-17(15)8-10-4-3-5-11(13)6-10/h3-6,9,13H,7-8H2,1-2H3. The van der Waals surface area contributed by atoms with Crippen LogP contribution in [0, 0.1) is 5.92 Å². The molecule has 0 heterocycles. The molecular weight excluding hydrogens is 240 g/mol. The van der Waals surface area contributed by atoms with Crippen LogP contribution in [0.4, 0.5) is 0 Å². The minimum absolute atomic E-state index is 0.153. The maximum Gasteiger partial charge on any atom is 0.309 e. The minimum Gasteiger partial charge on any atom is -0.508 e. The summed E-state index contributed by atoms with van der Waals surface area (Å²) in [5.41, 5.74) is 0.792. The molecule has 2 unspecified atom stereocenters. The fourth-order valence-corrected chi connectivity index (χ4v) is 2.80. The van der Waals surface area contributed by atoms with Crippen molar-refractivity contribution in [3.8, 4) is 5.75 Å². The first kappa shape index (κ1) is 13.7. The van der Waals surface area contributed by atoms with Crippen LogP contribution in [0.15, 0.2) is 24.3 Å². The van der Waals surface area contributed by atoms with Crippen LogP contribution in [0.2, 0.25) is 0 Å². The van der Waals surface area contributed by atoms with Gasteiger partial charge in [-0.2, -0.15) is 0 Å². The molecule has 17 heavy (non-hydrogen) atoms. The summed E-state index contributed by atoms with van der Waals surface area (Å²) in [6.45, 7) is 1.69. The second-order valence-corrected chi connectivity index (χ2v) is 5.35. The van der Waals surface area contributed by atoms with Crippen molar-refractivity contribution < 1.29 is 18.8 Å². The van der Waals surface area contributed by atoms with E-state index in [1.807, 2.05) is 0 Å². The number of benzene rings is 1. The molecule has 0 aliphatic heterocycles. The summed E-state index contributed by atoms with van der Waals surface area (Å²) in [6.07, 6.45) is 0. The van der Waals surface area contributed by atoms with Gasteiger partial charge in [-0.05, 0) is 17.7 Å². The van der Waals surface area contributed by atoms with E-state index < -0.39 is 10.8 Å². The normalized spacial score (nSPS) is 14.0. The van der Waals surface area contributed by atoms with Crippen molar-refractivity contribution in [1.82, 2.24) is 0 Å². The van der Waals surface area contributed by atoms with Crippen molar-refractivity contribution in [2.45, 2.75) is 12.7 Å². The maximum absolute atomic E-state index is 11.8. The first-order valence-electron chi connectivity index (χ1n) is 5.23. The SMILES string of the molecule is COC(=O)C(C)CS(=O)Cc1cccc(O)c1. The van der Waals surface area contributed by atoms with Crippen LogP contribution in [0.1, 0.15) is 12.5 Å². The number of phenols is 1. The Kier molecular flexibility index (Phi) is 5.15. The van der Waals surface area contributed by atoms with Crippen molar-refractivity contribution in [2.75, 3.05) is 12.9 Å². The van der Waals surface area contributed by atoms with E-state index in [0.717, 1.165) is 5.56 Å². The molecule has 1 aromatic rings. The molecule has 0 bridgehead atoms. The number of phenolic OH excluding ortho intramolecular Hbond substituents is 1. The van der Waals surface area contributed by atoms with Gasteiger partial charge in [0.1, 0.15) is 5.75 Å². The van der Waals surface area contributed by atoms with Crippen molar-refractivity contribution in [3.05, 3.63) is 29.8 Å². The van der Waals surface area contributed by atoms with Gasteiger partial charge in [-0.15, -0.1) is 0 Å². The minimum atomic E-state index is -1.14. The predicted octanol–water partition coefficient (Wildman–Crippen LogP) is 1.45. The molecule has 0 aliphatic carbocycles. The Bertz CT molecular complexity index is 417. The molecule has 0 amide bonds. The molecule has 0 saturated heterocycles. The van der Waals surface area contributed by atoms with Gasteiger partial charge in [0.2, 0.25) is 0 Å². The summed E-state index contributed by atoms with van der Waals surface area (Å²) >= 11 is 0. The summed E-state index contributed by atoms with van der Waals surface area (Å²) in [4.78, 5) is 11.2. The van der Waals surface area contributed by atoms with Crippen LogP contribution >= 0.6 is 0 Å². The molecule has 1 rings (SSSR count). The second-order valence-electron chi connectivity index (χ2n) is 3.84. The Labute approximate surface area is 103 Å². The molecule has 0 spiro atoms. The van der Waals surface area contributed by atoms with E-state index in [1.54, 1.807) is 31.2 Å². The number of esters is 1. The van der Waals surface area contributed by atoms with E-state index in [2.05, 4.69) is 4.74 Å². The Morgan fingerprint density at radius 2 is 2.24 bits per heavy atom. The Balaban J connectivity index is 2.53. The first-order chi connectivity index (χ1) is 8.02. The molecule has 1 aromatic carbocycles. The number of carbonyl (C=O) groups is 1. The van der Waals surface area contributed by atoms with Gasteiger partial charge in [-0.25, -0.2) is 0 Å². The highest BCUT2D eigenvalue weighted by Crippen LogP contribution is 2.13. The van der Waals surface area contributed by atoms with E-state index in [-0.39, 0.29) is 23.4 Å². The summed E-state index contributed by atoms with van der Waals surface area (Å²) in [6, 6.07) is 6.62. The highest BCUT2D eigenvalue weighted by molar-refractivity contribution is 7.84. The molecule has 0 radical (unpaired) electrons. The molecule has 94 valence electrons. The number of methoxy groups -OCH3 is 1. The van der Waals surface area contributed by atoms with Crippen molar-refractivity contribution in [2.24, 2.45) is 5.92 Å². The summed E-state index contributed by atoms with van der Waals surface area (Å²) in [5.74, 6) is 0.0193. The summed E-state index contributed by atoms with van der Waals surface area (Å²) < 4.78 is 16.3. The van der Waals surface area contributed by atoms with E-state index in [0.29, 0.717) is 5.75 Å². The van der Waals surface area contributed by atoms with Crippen LogP contribution in [-0.2, 0) is 26.1 Å². The molecule has 0 fully saturated rings. The lowest BCUT2D eigenvalue weighted by atomic mass is 10.2. The van der Waals surface area contributed by atoms with Crippen LogP contribution < -0.4 is 0 Å². The average Bonchev–Trinajstić information content (AvgIpc) is 2.27. The lowest BCUT2D eigenvalue weighted by Gasteiger charge is -2.08. The first-order valence-corrected chi connectivity index (χ1v) is 6.72. The molecule has 0 aromatic heterocycles. The van der Waals surface area contributed by atoms with E-state index in [4.69, 9.17) is 0 Å². The summed E-state index contributed by atoms with van der Waals surface area (Å²) in [5, 5.41) is 9.26. The largest absolute Gasteiger partial charge is 0.508 e. The Morgan fingerprint density at radius 1 is 1.53 bits per heavy atom. The van der Waals surface area contributed by atoms with Crippen LogP contribution in [0.3, 0.4) is 0 Å². The molecular formula is C12H16O4S. The predicted molar refractivity (Wildman–Crippen MR) is 66.0 cm³/mol. The lowest BCUT2D eigenvalue weighted by Crippen LogP contribution is -2.20. The third kappa shape index (κ3) is 4.56. The fraction of sp³-hybridized carbons (Fsp3) is 0.417. The van der Waals surface area contributed by atoms with Gasteiger partial charge < -0.3 is 9.84 Å². The number of rotatable bonds is 5. The fourth-order valence-electron chi connectivity index (χ4n) is 1.44. The monoisotopic (exact) mass is 256 g/mol. The van der Waals surface area contributed by atoms with Gasteiger partial charge in [-0.1, -0.05) is 19.1 Å². The van der Waals surface area contributed by atoms with E-state index in [1.165, 1.54) is 7.11 Å². The van der Waals surface area contributed by atoms with Crippen LogP contribution in [0.5, 0.6) is 5.75 Å². The van der Waals surface area contributed by atoms with Gasteiger partial charge in [0.05, 0.1) is 13.0 Å². The van der Waals surface area contributed by atoms with Gasteiger partial charge >= 0.3 is 5.97 Å². The number of ether oxygens (including phenoxy) is 1. The zero-order valence-electron chi connectivity index (χ0n) is 9.88. The molecule has 0 saturated carbocycles. The van der Waals surface area contributed by atoms with Gasteiger partial charge in [0.15, 0.2) is 0 Å². The van der Waals surface area contributed by atoms with Gasteiger partial charge in [0.25, 0.3) is 0 Å². The zero-order valence-corrected chi connectivity index (χ0v) is 10.7. The summed E-state index contributed by atoms with van der Waals surface area (Å²) in [7, 11) is 0.173. The molecule has 1 N–H and O–H groups in total.